The van der Waals surface area contributed by atoms with E-state index in [2.05, 4.69) is 0 Å². The number of carbonyl (C=O) groups excluding carboxylic acids is 1. The molecule has 1 saturated heterocycles. The van der Waals surface area contributed by atoms with Crippen LogP contribution in [-0.2, 0) is 11.2 Å². The molecular weight excluding hydrogens is 255 g/mol. The largest absolute Gasteiger partial charge is 0.341 e. The summed E-state index contributed by atoms with van der Waals surface area (Å²) in [6.07, 6.45) is 3.24. The van der Waals surface area contributed by atoms with Crippen LogP contribution in [0.4, 0.5) is 4.39 Å². The van der Waals surface area contributed by atoms with Gasteiger partial charge in [-0.05, 0) is 42.9 Å². The molecule has 110 valence electrons. The molecule has 2 atom stereocenters. The molecule has 0 radical (unpaired) electrons. The van der Waals surface area contributed by atoms with Crippen molar-refractivity contribution in [2.24, 2.45) is 11.7 Å². The fourth-order valence-corrected chi connectivity index (χ4v) is 2.92. The van der Waals surface area contributed by atoms with Crippen molar-refractivity contribution in [1.29, 1.82) is 0 Å². The topological polar surface area (TPSA) is 46.3 Å². The van der Waals surface area contributed by atoms with Crippen molar-refractivity contribution in [3.8, 4) is 0 Å². The molecule has 0 spiro atoms. The number of hydrogen-bond acceptors (Lipinski definition) is 2. The highest BCUT2D eigenvalue weighted by Crippen LogP contribution is 2.21. The van der Waals surface area contributed by atoms with Gasteiger partial charge in [0.15, 0.2) is 0 Å². The van der Waals surface area contributed by atoms with E-state index in [-0.39, 0.29) is 17.8 Å². The second-order valence-electron chi connectivity index (χ2n) is 5.74. The van der Waals surface area contributed by atoms with E-state index < -0.39 is 0 Å². The van der Waals surface area contributed by atoms with E-state index in [9.17, 15) is 9.18 Å². The summed E-state index contributed by atoms with van der Waals surface area (Å²) >= 11 is 0. The zero-order valence-corrected chi connectivity index (χ0v) is 12.0. The number of benzene rings is 1. The van der Waals surface area contributed by atoms with Crippen LogP contribution in [0.25, 0.3) is 0 Å². The van der Waals surface area contributed by atoms with Crippen LogP contribution in [0.2, 0.25) is 0 Å². The average molecular weight is 278 g/mol. The van der Waals surface area contributed by atoms with Crippen molar-refractivity contribution in [3.63, 3.8) is 0 Å². The Kier molecular flexibility index (Phi) is 5.12. The van der Waals surface area contributed by atoms with Crippen LogP contribution in [0, 0.1) is 11.7 Å². The summed E-state index contributed by atoms with van der Waals surface area (Å²) in [5.41, 5.74) is 7.18. The Hall–Kier alpha value is -1.42. The number of nitrogens with two attached hydrogens (primary N) is 1. The van der Waals surface area contributed by atoms with Gasteiger partial charge in [-0.1, -0.05) is 19.1 Å². The summed E-state index contributed by atoms with van der Waals surface area (Å²) in [5.74, 6) is 0.352. The molecule has 1 aliphatic heterocycles. The number of rotatable bonds is 4. The van der Waals surface area contributed by atoms with Crippen LogP contribution in [-0.4, -0.2) is 29.9 Å². The fraction of sp³-hybridized carbons (Fsp3) is 0.562. The number of piperidine rings is 1. The molecule has 2 N–H and O–H groups in total. The number of amides is 1. The number of carbonyl (C=O) groups is 1. The van der Waals surface area contributed by atoms with Gasteiger partial charge in [-0.15, -0.1) is 0 Å². The second-order valence-corrected chi connectivity index (χ2v) is 5.74. The highest BCUT2D eigenvalue weighted by atomic mass is 19.1. The van der Waals surface area contributed by atoms with Gasteiger partial charge < -0.3 is 10.6 Å². The smallest absolute Gasteiger partial charge is 0.222 e. The highest BCUT2D eigenvalue weighted by molar-refractivity contribution is 5.76. The minimum atomic E-state index is -0.214. The molecule has 0 saturated carbocycles. The van der Waals surface area contributed by atoms with Crippen molar-refractivity contribution in [3.05, 3.63) is 35.6 Å². The van der Waals surface area contributed by atoms with E-state index in [1.165, 1.54) is 12.1 Å². The lowest BCUT2D eigenvalue weighted by Gasteiger charge is -2.36. The molecular formula is C16H23FN2O. The molecule has 0 bridgehead atoms. The second kappa shape index (κ2) is 6.84. The third-order valence-corrected chi connectivity index (χ3v) is 3.82. The van der Waals surface area contributed by atoms with Gasteiger partial charge in [0, 0.05) is 25.6 Å². The minimum absolute atomic E-state index is 0.0509. The summed E-state index contributed by atoms with van der Waals surface area (Å²) in [7, 11) is 0. The SMILES string of the molecule is CCCC(=O)N1CC(N)CC(Cc2ccc(F)cc2)C1. The van der Waals surface area contributed by atoms with Gasteiger partial charge >= 0.3 is 0 Å². The molecule has 1 amide bonds. The molecule has 2 unspecified atom stereocenters. The van der Waals surface area contributed by atoms with E-state index in [1.807, 2.05) is 24.0 Å². The van der Waals surface area contributed by atoms with E-state index in [4.69, 9.17) is 5.73 Å². The van der Waals surface area contributed by atoms with Crippen LogP contribution in [0.5, 0.6) is 0 Å². The van der Waals surface area contributed by atoms with Crippen molar-refractivity contribution < 1.29 is 9.18 Å². The Bertz CT molecular complexity index is 446. The number of likely N-dealkylation sites (tertiary alicyclic amines) is 1. The maximum atomic E-state index is 12.9. The maximum absolute atomic E-state index is 12.9. The van der Waals surface area contributed by atoms with Crippen LogP contribution >= 0.6 is 0 Å². The van der Waals surface area contributed by atoms with Crippen molar-refractivity contribution in [2.45, 2.75) is 38.6 Å². The molecule has 0 aromatic heterocycles. The van der Waals surface area contributed by atoms with Gasteiger partial charge in [0.05, 0.1) is 0 Å². The molecule has 1 aliphatic rings. The monoisotopic (exact) mass is 278 g/mol. The van der Waals surface area contributed by atoms with Gasteiger partial charge in [0.2, 0.25) is 5.91 Å². The molecule has 1 fully saturated rings. The third-order valence-electron chi connectivity index (χ3n) is 3.82. The third kappa shape index (κ3) is 4.04. The predicted octanol–water partition coefficient (Wildman–Crippen LogP) is 2.34. The molecule has 0 aliphatic carbocycles. The number of nitrogens with zero attached hydrogens (tertiary/aromatic N) is 1. The molecule has 1 heterocycles. The quantitative estimate of drug-likeness (QED) is 0.919. The van der Waals surface area contributed by atoms with Gasteiger partial charge in [-0.25, -0.2) is 4.39 Å². The molecule has 1 aromatic carbocycles. The molecule has 3 nitrogen and oxygen atoms in total. The van der Waals surface area contributed by atoms with Crippen LogP contribution in [0.1, 0.15) is 31.7 Å². The van der Waals surface area contributed by atoms with Crippen LogP contribution in [0.3, 0.4) is 0 Å². The normalized spacial score (nSPS) is 22.9. The van der Waals surface area contributed by atoms with Crippen LogP contribution < -0.4 is 5.73 Å². The lowest BCUT2D eigenvalue weighted by Crippen LogP contribution is -2.49. The summed E-state index contributed by atoms with van der Waals surface area (Å²) in [5, 5.41) is 0. The summed E-state index contributed by atoms with van der Waals surface area (Å²) in [6.45, 7) is 3.44. The maximum Gasteiger partial charge on any atom is 0.222 e. The van der Waals surface area contributed by atoms with Crippen LogP contribution in [0.15, 0.2) is 24.3 Å². The first-order valence-electron chi connectivity index (χ1n) is 7.36. The van der Waals surface area contributed by atoms with Gasteiger partial charge in [-0.3, -0.25) is 4.79 Å². The lowest BCUT2D eigenvalue weighted by molar-refractivity contribution is -0.133. The molecule has 4 heteroatoms. The average Bonchev–Trinajstić information content (AvgIpc) is 2.41. The highest BCUT2D eigenvalue weighted by Gasteiger charge is 2.27. The zero-order chi connectivity index (χ0) is 14.5. The van der Waals surface area contributed by atoms with Gasteiger partial charge in [0.1, 0.15) is 5.82 Å². The summed E-state index contributed by atoms with van der Waals surface area (Å²) < 4.78 is 12.9. The fourth-order valence-electron chi connectivity index (χ4n) is 2.92. The predicted molar refractivity (Wildman–Crippen MR) is 77.7 cm³/mol. The first-order valence-corrected chi connectivity index (χ1v) is 7.36. The lowest BCUT2D eigenvalue weighted by atomic mass is 9.89. The van der Waals surface area contributed by atoms with Crippen molar-refractivity contribution in [2.75, 3.05) is 13.1 Å². The van der Waals surface area contributed by atoms with E-state index in [1.54, 1.807) is 0 Å². The minimum Gasteiger partial charge on any atom is -0.341 e. The molecule has 2 rings (SSSR count). The van der Waals surface area contributed by atoms with Crippen molar-refractivity contribution in [1.82, 2.24) is 4.90 Å². The Morgan fingerprint density at radius 3 is 2.70 bits per heavy atom. The van der Waals surface area contributed by atoms with E-state index in [0.29, 0.717) is 18.9 Å². The zero-order valence-electron chi connectivity index (χ0n) is 12.0. The van der Waals surface area contributed by atoms with Crippen molar-refractivity contribution >= 4 is 5.91 Å². The Balaban J connectivity index is 1.97. The standard InChI is InChI=1S/C16H23FN2O/c1-2-3-16(20)19-10-13(9-15(18)11-19)8-12-4-6-14(17)7-5-12/h4-7,13,15H,2-3,8-11,18H2,1H3. The molecule has 20 heavy (non-hydrogen) atoms. The summed E-state index contributed by atoms with van der Waals surface area (Å²) in [4.78, 5) is 13.9. The Morgan fingerprint density at radius 1 is 1.35 bits per heavy atom. The van der Waals surface area contributed by atoms with Gasteiger partial charge in [0.25, 0.3) is 0 Å². The first kappa shape index (κ1) is 15.0. The number of hydrogen-bond donors (Lipinski definition) is 1. The van der Waals surface area contributed by atoms with Gasteiger partial charge in [-0.2, -0.15) is 0 Å². The Morgan fingerprint density at radius 2 is 2.05 bits per heavy atom. The van der Waals surface area contributed by atoms with E-state index >= 15 is 0 Å². The first-order chi connectivity index (χ1) is 9.58. The Labute approximate surface area is 120 Å². The molecule has 1 aromatic rings. The number of halogens is 1. The summed E-state index contributed by atoms with van der Waals surface area (Å²) in [6, 6.07) is 6.65. The van der Waals surface area contributed by atoms with E-state index in [0.717, 1.165) is 31.4 Å².